The van der Waals surface area contributed by atoms with E-state index in [1.165, 1.54) is 7.11 Å². The van der Waals surface area contributed by atoms with Crippen molar-refractivity contribution >= 4 is 40.6 Å². The van der Waals surface area contributed by atoms with E-state index in [1.54, 1.807) is 30.3 Å². The summed E-state index contributed by atoms with van der Waals surface area (Å²) in [6.45, 7) is 0.446. The number of nitrogens with one attached hydrogen (secondary N) is 2. The second-order valence-corrected chi connectivity index (χ2v) is 5.35. The third kappa shape index (κ3) is 3.78. The number of halogens is 2. The highest BCUT2D eigenvalue weighted by molar-refractivity contribution is 6.43. The normalized spacial score (nSPS) is 10.1. The van der Waals surface area contributed by atoms with Gasteiger partial charge >= 0.3 is 5.97 Å². The largest absolute Gasteiger partial charge is 0.464 e. The zero-order chi connectivity index (χ0) is 16.1. The van der Waals surface area contributed by atoms with Crippen molar-refractivity contribution < 1.29 is 9.53 Å². The van der Waals surface area contributed by atoms with Crippen LogP contribution in [0.1, 0.15) is 11.1 Å². The van der Waals surface area contributed by atoms with Crippen molar-refractivity contribution in [2.24, 2.45) is 0 Å². The Bertz CT molecular complexity index is 717. The minimum Gasteiger partial charge on any atom is -0.464 e. The summed E-state index contributed by atoms with van der Waals surface area (Å²) < 4.78 is 4.59. The topological polar surface area (TPSA) is 62.2 Å². The molecule has 0 amide bonds. The quantitative estimate of drug-likeness (QED) is 0.636. The summed E-state index contributed by atoms with van der Waals surface area (Å²) >= 11 is 12.0. The Labute approximate surface area is 138 Å². The summed E-state index contributed by atoms with van der Waals surface area (Å²) in [5.74, 6) is -0.682. The van der Waals surface area contributed by atoms with Gasteiger partial charge in [0.05, 0.1) is 7.11 Å². The molecule has 2 rings (SSSR count). The Morgan fingerprint density at radius 1 is 1.23 bits per heavy atom. The highest BCUT2D eigenvalue weighted by Crippen LogP contribution is 2.23. The smallest absolute Gasteiger partial charge is 0.356 e. The molecule has 0 aliphatic rings. The number of benzene rings is 2. The van der Waals surface area contributed by atoms with Crippen LogP contribution in [-0.2, 0) is 16.1 Å². The molecular formula is C16H14Cl2N2O2. The molecule has 0 aromatic heterocycles. The maximum Gasteiger partial charge on any atom is 0.356 e. The predicted molar refractivity (Wildman–Crippen MR) is 89.1 cm³/mol. The van der Waals surface area contributed by atoms with E-state index in [1.807, 2.05) is 12.1 Å². The van der Waals surface area contributed by atoms with Crippen LogP contribution in [0.3, 0.4) is 0 Å². The first kappa shape index (κ1) is 16.3. The fourth-order valence-electron chi connectivity index (χ4n) is 1.92. The molecule has 0 spiro atoms. The number of esters is 1. The number of para-hydroxylation sites is 1. The van der Waals surface area contributed by atoms with Crippen molar-refractivity contribution in [3.63, 3.8) is 0 Å². The van der Waals surface area contributed by atoms with Crippen LogP contribution in [0.15, 0.2) is 42.5 Å². The van der Waals surface area contributed by atoms with Gasteiger partial charge in [0.25, 0.3) is 0 Å². The lowest BCUT2D eigenvalue weighted by atomic mass is 10.1. The molecule has 0 saturated carbocycles. The number of hydrogen-bond acceptors (Lipinski definition) is 4. The van der Waals surface area contributed by atoms with Gasteiger partial charge < -0.3 is 10.1 Å². The van der Waals surface area contributed by atoms with Crippen molar-refractivity contribution in [3.8, 4) is 0 Å². The van der Waals surface area contributed by atoms with Crippen molar-refractivity contribution in [3.05, 3.63) is 63.6 Å². The van der Waals surface area contributed by atoms with Gasteiger partial charge in [0, 0.05) is 27.8 Å². The molecule has 0 saturated heterocycles. The van der Waals surface area contributed by atoms with E-state index in [0.29, 0.717) is 27.8 Å². The predicted octanol–water partition coefficient (Wildman–Crippen LogP) is 4.15. The average Bonchev–Trinajstić information content (AvgIpc) is 2.53. The maximum atomic E-state index is 11.5. The van der Waals surface area contributed by atoms with E-state index in [9.17, 15) is 4.79 Å². The van der Waals surface area contributed by atoms with E-state index in [4.69, 9.17) is 28.6 Å². The van der Waals surface area contributed by atoms with Crippen LogP contribution in [0.25, 0.3) is 0 Å². The van der Waals surface area contributed by atoms with E-state index in [-0.39, 0.29) is 5.71 Å². The number of carbonyl (C=O) groups excluding carboxylic acids is 1. The Morgan fingerprint density at radius 2 is 1.95 bits per heavy atom. The van der Waals surface area contributed by atoms with Crippen LogP contribution in [0, 0.1) is 5.41 Å². The van der Waals surface area contributed by atoms with Crippen LogP contribution in [-0.4, -0.2) is 18.8 Å². The molecule has 114 valence electrons. The second-order valence-electron chi connectivity index (χ2n) is 4.50. The second kappa shape index (κ2) is 7.29. The van der Waals surface area contributed by atoms with Crippen LogP contribution in [0.2, 0.25) is 10.0 Å². The first-order valence-corrected chi connectivity index (χ1v) is 7.22. The van der Waals surface area contributed by atoms with Gasteiger partial charge in [0.15, 0.2) is 0 Å². The zero-order valence-corrected chi connectivity index (χ0v) is 13.3. The fourth-order valence-corrected chi connectivity index (χ4v) is 2.40. The molecule has 2 aromatic carbocycles. The van der Waals surface area contributed by atoms with Crippen molar-refractivity contribution in [2.45, 2.75) is 6.54 Å². The van der Waals surface area contributed by atoms with Crippen LogP contribution >= 0.6 is 23.2 Å². The highest BCUT2D eigenvalue weighted by Gasteiger charge is 2.15. The molecular weight excluding hydrogens is 323 g/mol. The van der Waals surface area contributed by atoms with E-state index in [0.717, 1.165) is 5.56 Å². The summed E-state index contributed by atoms with van der Waals surface area (Å²) in [5, 5.41) is 12.2. The van der Waals surface area contributed by atoms with Gasteiger partial charge in [-0.05, 0) is 23.8 Å². The number of anilines is 1. The molecule has 2 N–H and O–H groups in total. The Morgan fingerprint density at radius 3 is 2.64 bits per heavy atom. The molecule has 0 radical (unpaired) electrons. The van der Waals surface area contributed by atoms with Gasteiger partial charge in [-0.25, -0.2) is 4.79 Å². The number of ether oxygens (including phenoxy) is 1. The molecule has 0 unspecified atom stereocenters. The maximum absolute atomic E-state index is 11.5. The molecule has 0 aliphatic heterocycles. The summed E-state index contributed by atoms with van der Waals surface area (Å²) in [6.07, 6.45) is 0. The first-order valence-electron chi connectivity index (χ1n) is 6.47. The third-order valence-electron chi connectivity index (χ3n) is 3.07. The molecule has 22 heavy (non-hydrogen) atoms. The monoisotopic (exact) mass is 336 g/mol. The summed E-state index contributed by atoms with van der Waals surface area (Å²) in [6, 6.07) is 12.3. The SMILES string of the molecule is COC(=O)C(=N)c1ccccc1NCc1ccc(Cl)cc1Cl. The van der Waals surface area contributed by atoms with Crippen LogP contribution in [0.4, 0.5) is 5.69 Å². The minimum absolute atomic E-state index is 0.201. The number of hydrogen-bond donors (Lipinski definition) is 2. The highest BCUT2D eigenvalue weighted by atomic mass is 35.5. The summed E-state index contributed by atoms with van der Waals surface area (Å²) in [5.41, 5.74) is 1.79. The van der Waals surface area contributed by atoms with Gasteiger partial charge in [0.2, 0.25) is 0 Å². The third-order valence-corrected chi connectivity index (χ3v) is 3.66. The number of methoxy groups -OCH3 is 1. The molecule has 0 atom stereocenters. The van der Waals surface area contributed by atoms with E-state index >= 15 is 0 Å². The molecule has 0 fully saturated rings. The van der Waals surface area contributed by atoms with Crippen molar-refractivity contribution in [1.29, 1.82) is 5.41 Å². The number of rotatable bonds is 5. The summed E-state index contributed by atoms with van der Waals surface area (Å²) in [7, 11) is 1.25. The Hall–Kier alpha value is -2.04. The van der Waals surface area contributed by atoms with E-state index < -0.39 is 5.97 Å². The van der Waals surface area contributed by atoms with Crippen LogP contribution in [0.5, 0.6) is 0 Å². The zero-order valence-electron chi connectivity index (χ0n) is 11.8. The van der Waals surface area contributed by atoms with Crippen LogP contribution < -0.4 is 5.32 Å². The lowest BCUT2D eigenvalue weighted by Crippen LogP contribution is -2.17. The lowest BCUT2D eigenvalue weighted by Gasteiger charge is -2.13. The van der Waals surface area contributed by atoms with Gasteiger partial charge in [-0.1, -0.05) is 47.5 Å². The molecule has 0 heterocycles. The minimum atomic E-state index is -0.682. The van der Waals surface area contributed by atoms with Gasteiger partial charge in [-0.15, -0.1) is 0 Å². The van der Waals surface area contributed by atoms with Crippen molar-refractivity contribution in [1.82, 2.24) is 0 Å². The Kier molecular flexibility index (Phi) is 5.41. The summed E-state index contributed by atoms with van der Waals surface area (Å²) in [4.78, 5) is 11.5. The first-order chi connectivity index (χ1) is 10.5. The van der Waals surface area contributed by atoms with Crippen molar-refractivity contribution in [2.75, 3.05) is 12.4 Å². The Balaban J connectivity index is 2.20. The molecule has 2 aromatic rings. The molecule has 4 nitrogen and oxygen atoms in total. The molecule has 0 bridgehead atoms. The van der Waals surface area contributed by atoms with Gasteiger partial charge in [-0.2, -0.15) is 0 Å². The van der Waals surface area contributed by atoms with Gasteiger partial charge in [0.1, 0.15) is 5.71 Å². The van der Waals surface area contributed by atoms with Gasteiger partial charge in [-0.3, -0.25) is 5.41 Å². The average molecular weight is 337 g/mol. The molecule has 6 heteroatoms. The van der Waals surface area contributed by atoms with E-state index in [2.05, 4.69) is 10.1 Å². The molecule has 0 aliphatic carbocycles. The number of carbonyl (C=O) groups is 1. The lowest BCUT2D eigenvalue weighted by molar-refractivity contribution is -0.132. The standard InChI is InChI=1S/C16H14Cl2N2O2/c1-22-16(21)15(19)12-4-2-3-5-14(12)20-9-10-6-7-11(17)8-13(10)18/h2-8,19-20H,9H2,1H3. The fraction of sp³-hybridized carbons (Fsp3) is 0.125.